The Bertz CT molecular complexity index is 796. The predicted molar refractivity (Wildman–Crippen MR) is 81.1 cm³/mol. The van der Waals surface area contributed by atoms with E-state index in [2.05, 4.69) is 0 Å². The number of rotatable bonds is 1. The molecule has 0 atom stereocenters. The molecule has 3 rings (SSSR count). The van der Waals surface area contributed by atoms with Gasteiger partial charge in [-0.25, -0.2) is 0 Å². The summed E-state index contributed by atoms with van der Waals surface area (Å²) >= 11 is 0. The first kappa shape index (κ1) is 13.3. The smallest absolute Gasteiger partial charge is 0.237 e. The standard InChI is InChI=1S/C18H14O3/c1-10-3-6-12(7-4-10)15-16(19)13-8-5-11(2)9-14(13)17(20)18(15)21/h3-9,19H,1-2H3. The van der Waals surface area contributed by atoms with Crippen molar-refractivity contribution < 1.29 is 14.7 Å². The van der Waals surface area contributed by atoms with Crippen molar-refractivity contribution >= 4 is 22.9 Å². The second-order valence-electron chi connectivity index (χ2n) is 5.30. The number of benzene rings is 2. The predicted octanol–water partition coefficient (Wildman–Crippen LogP) is 3.50. The molecule has 0 amide bonds. The number of hydrogen-bond donors (Lipinski definition) is 1. The van der Waals surface area contributed by atoms with Crippen LogP contribution < -0.4 is 0 Å². The van der Waals surface area contributed by atoms with Gasteiger partial charge >= 0.3 is 0 Å². The number of carbonyl (C=O) groups excluding carboxylic acids is 2. The number of aryl methyl sites for hydroxylation is 2. The quantitative estimate of drug-likeness (QED) is 0.812. The molecule has 1 aliphatic rings. The largest absolute Gasteiger partial charge is 0.506 e. The Labute approximate surface area is 122 Å². The summed E-state index contributed by atoms with van der Waals surface area (Å²) in [6, 6.07) is 12.3. The first-order valence-electron chi connectivity index (χ1n) is 6.69. The lowest BCUT2D eigenvalue weighted by atomic mass is 9.84. The van der Waals surface area contributed by atoms with Gasteiger partial charge in [-0.15, -0.1) is 0 Å². The Morgan fingerprint density at radius 3 is 2.05 bits per heavy atom. The van der Waals surface area contributed by atoms with Crippen LogP contribution in [-0.2, 0) is 4.79 Å². The molecule has 0 fully saturated rings. The molecule has 0 unspecified atom stereocenters. The van der Waals surface area contributed by atoms with Crippen LogP contribution in [0.5, 0.6) is 0 Å². The molecule has 0 radical (unpaired) electrons. The van der Waals surface area contributed by atoms with Crippen LogP contribution in [0.3, 0.4) is 0 Å². The fourth-order valence-electron chi connectivity index (χ4n) is 2.52. The topological polar surface area (TPSA) is 54.4 Å². The summed E-state index contributed by atoms with van der Waals surface area (Å²) in [5, 5.41) is 10.4. The number of allylic oxidation sites excluding steroid dienone is 1. The minimum atomic E-state index is -0.658. The molecule has 3 heteroatoms. The van der Waals surface area contributed by atoms with Crippen molar-refractivity contribution in [1.29, 1.82) is 0 Å². The van der Waals surface area contributed by atoms with Gasteiger partial charge in [0, 0.05) is 11.1 Å². The maximum absolute atomic E-state index is 12.3. The number of hydrogen-bond acceptors (Lipinski definition) is 3. The summed E-state index contributed by atoms with van der Waals surface area (Å²) in [4.78, 5) is 24.6. The van der Waals surface area contributed by atoms with Crippen LogP contribution in [0.4, 0.5) is 0 Å². The number of ketones is 2. The van der Waals surface area contributed by atoms with Gasteiger partial charge in [0.05, 0.1) is 5.57 Å². The molecule has 1 aliphatic carbocycles. The Morgan fingerprint density at radius 1 is 0.762 bits per heavy atom. The van der Waals surface area contributed by atoms with Crippen LogP contribution in [0.15, 0.2) is 42.5 Å². The molecule has 21 heavy (non-hydrogen) atoms. The molecule has 2 aromatic rings. The van der Waals surface area contributed by atoms with Crippen LogP contribution >= 0.6 is 0 Å². The van der Waals surface area contributed by atoms with Crippen LogP contribution in [0.2, 0.25) is 0 Å². The Balaban J connectivity index is 2.26. The summed E-state index contributed by atoms with van der Waals surface area (Å²) < 4.78 is 0. The highest BCUT2D eigenvalue weighted by Gasteiger charge is 2.33. The molecular weight excluding hydrogens is 264 g/mol. The zero-order valence-corrected chi connectivity index (χ0v) is 11.8. The van der Waals surface area contributed by atoms with Crippen molar-refractivity contribution in [3.63, 3.8) is 0 Å². The lowest BCUT2D eigenvalue weighted by Gasteiger charge is -2.18. The molecule has 0 aromatic heterocycles. The van der Waals surface area contributed by atoms with Gasteiger partial charge in [-0.2, -0.15) is 0 Å². The minimum absolute atomic E-state index is 0.0800. The lowest BCUT2D eigenvalue weighted by Crippen LogP contribution is -2.23. The minimum Gasteiger partial charge on any atom is -0.506 e. The lowest BCUT2D eigenvalue weighted by molar-refractivity contribution is -0.110. The molecule has 2 aromatic carbocycles. The average Bonchev–Trinajstić information content (AvgIpc) is 2.47. The number of carbonyl (C=O) groups is 2. The summed E-state index contributed by atoms with van der Waals surface area (Å²) in [6.07, 6.45) is 0. The van der Waals surface area contributed by atoms with Crippen molar-refractivity contribution in [2.45, 2.75) is 13.8 Å². The molecule has 0 bridgehead atoms. The summed E-state index contributed by atoms with van der Waals surface area (Å²) in [5.74, 6) is -1.35. The molecule has 0 aliphatic heterocycles. The molecular formula is C18H14O3. The summed E-state index contributed by atoms with van der Waals surface area (Å²) in [7, 11) is 0. The summed E-state index contributed by atoms with van der Waals surface area (Å²) in [6.45, 7) is 3.78. The molecule has 0 spiro atoms. The van der Waals surface area contributed by atoms with E-state index >= 15 is 0 Å². The highest BCUT2D eigenvalue weighted by atomic mass is 16.3. The zero-order chi connectivity index (χ0) is 15.1. The third kappa shape index (κ3) is 2.07. The number of Topliss-reactive ketones (excluding diaryl/α,β-unsaturated/α-hetero) is 2. The SMILES string of the molecule is Cc1ccc(C2=C(O)c3ccc(C)cc3C(=O)C2=O)cc1. The third-order valence-corrected chi connectivity index (χ3v) is 3.69. The van der Waals surface area contributed by atoms with Gasteiger partial charge in [0.2, 0.25) is 11.6 Å². The van der Waals surface area contributed by atoms with Crippen molar-refractivity contribution in [1.82, 2.24) is 0 Å². The van der Waals surface area contributed by atoms with E-state index in [1.54, 1.807) is 24.3 Å². The Morgan fingerprint density at radius 2 is 1.38 bits per heavy atom. The molecule has 0 heterocycles. The van der Waals surface area contributed by atoms with Gasteiger partial charge in [-0.05, 0) is 25.5 Å². The van der Waals surface area contributed by atoms with E-state index in [4.69, 9.17) is 0 Å². The number of aliphatic hydroxyl groups is 1. The van der Waals surface area contributed by atoms with Crippen LogP contribution in [0.25, 0.3) is 11.3 Å². The van der Waals surface area contributed by atoms with Crippen molar-refractivity contribution in [3.05, 3.63) is 70.3 Å². The van der Waals surface area contributed by atoms with Gasteiger partial charge in [0.15, 0.2) is 0 Å². The maximum atomic E-state index is 12.3. The fourth-order valence-corrected chi connectivity index (χ4v) is 2.52. The molecule has 104 valence electrons. The first-order chi connectivity index (χ1) is 9.99. The van der Waals surface area contributed by atoms with E-state index < -0.39 is 11.6 Å². The van der Waals surface area contributed by atoms with Crippen LogP contribution in [0, 0.1) is 13.8 Å². The van der Waals surface area contributed by atoms with Gasteiger partial charge in [0.1, 0.15) is 5.76 Å². The molecule has 3 nitrogen and oxygen atoms in total. The van der Waals surface area contributed by atoms with Gasteiger partial charge in [0.25, 0.3) is 0 Å². The van der Waals surface area contributed by atoms with Crippen molar-refractivity contribution in [2.24, 2.45) is 0 Å². The van der Waals surface area contributed by atoms with Crippen molar-refractivity contribution in [2.75, 3.05) is 0 Å². The monoisotopic (exact) mass is 278 g/mol. The highest BCUT2D eigenvalue weighted by molar-refractivity contribution is 6.62. The van der Waals surface area contributed by atoms with Crippen molar-refractivity contribution in [3.8, 4) is 0 Å². The van der Waals surface area contributed by atoms with E-state index in [0.717, 1.165) is 11.1 Å². The van der Waals surface area contributed by atoms with E-state index in [9.17, 15) is 14.7 Å². The first-order valence-corrected chi connectivity index (χ1v) is 6.69. The van der Waals surface area contributed by atoms with E-state index in [0.29, 0.717) is 11.1 Å². The van der Waals surface area contributed by atoms with Crippen LogP contribution in [0.1, 0.15) is 32.6 Å². The summed E-state index contributed by atoms with van der Waals surface area (Å²) in [5.41, 5.74) is 3.25. The Kier molecular flexibility index (Phi) is 2.98. The maximum Gasteiger partial charge on any atom is 0.237 e. The second-order valence-corrected chi connectivity index (χ2v) is 5.30. The van der Waals surface area contributed by atoms with E-state index in [1.807, 2.05) is 32.0 Å². The van der Waals surface area contributed by atoms with Crippen LogP contribution in [-0.4, -0.2) is 16.7 Å². The van der Waals surface area contributed by atoms with Gasteiger partial charge < -0.3 is 5.11 Å². The molecule has 0 saturated heterocycles. The highest BCUT2D eigenvalue weighted by Crippen LogP contribution is 2.33. The Hall–Kier alpha value is -2.68. The average molecular weight is 278 g/mol. The normalized spacial score (nSPS) is 14.4. The third-order valence-electron chi connectivity index (χ3n) is 3.69. The van der Waals surface area contributed by atoms with E-state index in [1.165, 1.54) is 0 Å². The number of fused-ring (bicyclic) bond motifs is 1. The van der Waals surface area contributed by atoms with Gasteiger partial charge in [-0.3, -0.25) is 9.59 Å². The van der Waals surface area contributed by atoms with Gasteiger partial charge in [-0.1, -0.05) is 47.5 Å². The molecule has 0 saturated carbocycles. The second kappa shape index (κ2) is 4.70. The zero-order valence-electron chi connectivity index (χ0n) is 11.8. The molecule has 1 N–H and O–H groups in total. The number of aliphatic hydroxyl groups excluding tert-OH is 1. The fraction of sp³-hybridized carbons (Fsp3) is 0.111. The van der Waals surface area contributed by atoms with E-state index in [-0.39, 0.29) is 16.9 Å².